The number of carbonyl (C=O) groups is 4. The Labute approximate surface area is 197 Å². The highest BCUT2D eigenvalue weighted by Crippen LogP contribution is 2.28. The standard InChI is InChI=1S/C25H17F2N3O5/c26-18-9-3-8-17(21(18)27)20-22(24(33)30-23(20)32)29-15-6-1-4-13(10-15)11-19(31)28-16-7-2-5-14(12-16)25(34)35/h1-10,12H,11H2,(H,28,31)(H,34,35)(H2,29,30,32,33). The first-order valence-electron chi connectivity index (χ1n) is 10.3. The second kappa shape index (κ2) is 9.56. The zero-order valence-electron chi connectivity index (χ0n) is 17.9. The van der Waals surface area contributed by atoms with Gasteiger partial charge in [0.15, 0.2) is 11.6 Å². The van der Waals surface area contributed by atoms with Crippen LogP contribution in [0.4, 0.5) is 20.2 Å². The lowest BCUT2D eigenvalue weighted by atomic mass is 10.0. The number of benzene rings is 3. The van der Waals surface area contributed by atoms with Gasteiger partial charge in [-0.1, -0.05) is 30.3 Å². The molecule has 0 fully saturated rings. The Balaban J connectivity index is 1.55. The maximum Gasteiger partial charge on any atom is 0.335 e. The fraction of sp³-hybridized carbons (Fsp3) is 0.0400. The van der Waals surface area contributed by atoms with Gasteiger partial charge in [0.1, 0.15) is 5.70 Å². The van der Waals surface area contributed by atoms with Crippen LogP contribution in [0.3, 0.4) is 0 Å². The Morgan fingerprint density at radius 3 is 2.37 bits per heavy atom. The van der Waals surface area contributed by atoms with Crippen LogP contribution in [-0.4, -0.2) is 28.8 Å². The predicted octanol–water partition coefficient (Wildman–Crippen LogP) is 3.32. The normalized spacial score (nSPS) is 13.0. The molecule has 1 heterocycles. The SMILES string of the molecule is O=C(Cc1cccc(NC2=C(c3cccc(F)c3F)C(=O)NC2=O)c1)Nc1cccc(C(=O)O)c1. The highest BCUT2D eigenvalue weighted by atomic mass is 19.2. The van der Waals surface area contributed by atoms with Crippen LogP contribution in [0.25, 0.3) is 5.57 Å². The van der Waals surface area contributed by atoms with E-state index < -0.39 is 35.3 Å². The molecule has 0 radical (unpaired) electrons. The summed E-state index contributed by atoms with van der Waals surface area (Å²) >= 11 is 0. The number of carbonyl (C=O) groups excluding carboxylic acids is 3. The largest absolute Gasteiger partial charge is 0.478 e. The van der Waals surface area contributed by atoms with E-state index in [1.54, 1.807) is 30.3 Å². The van der Waals surface area contributed by atoms with Crippen LogP contribution < -0.4 is 16.0 Å². The molecule has 3 aromatic rings. The minimum Gasteiger partial charge on any atom is -0.478 e. The van der Waals surface area contributed by atoms with Gasteiger partial charge in [-0.3, -0.25) is 19.7 Å². The summed E-state index contributed by atoms with van der Waals surface area (Å²) in [7, 11) is 0. The molecule has 1 aliphatic rings. The van der Waals surface area contributed by atoms with Crippen molar-refractivity contribution in [1.82, 2.24) is 5.32 Å². The first-order valence-corrected chi connectivity index (χ1v) is 10.3. The van der Waals surface area contributed by atoms with E-state index in [1.165, 1.54) is 30.3 Å². The van der Waals surface area contributed by atoms with Gasteiger partial charge in [0.05, 0.1) is 17.6 Å². The van der Waals surface area contributed by atoms with Crippen LogP contribution in [0.15, 0.2) is 72.4 Å². The molecule has 10 heteroatoms. The molecule has 4 rings (SSSR count). The molecule has 0 spiro atoms. The van der Waals surface area contributed by atoms with E-state index in [4.69, 9.17) is 5.11 Å². The van der Waals surface area contributed by atoms with Gasteiger partial charge in [0, 0.05) is 16.9 Å². The number of aromatic carboxylic acids is 1. The van der Waals surface area contributed by atoms with Crippen LogP contribution in [0, 0.1) is 11.6 Å². The number of anilines is 2. The molecule has 0 unspecified atom stereocenters. The minimum atomic E-state index is -1.26. The quantitative estimate of drug-likeness (QED) is 0.387. The molecule has 3 amide bonds. The van der Waals surface area contributed by atoms with Crippen molar-refractivity contribution in [2.24, 2.45) is 0 Å². The number of amides is 3. The molecule has 3 aromatic carbocycles. The molecule has 176 valence electrons. The molecule has 1 aliphatic heterocycles. The van der Waals surface area contributed by atoms with Crippen LogP contribution in [-0.2, 0) is 20.8 Å². The summed E-state index contributed by atoms with van der Waals surface area (Å²) in [4.78, 5) is 48.2. The van der Waals surface area contributed by atoms with Crippen molar-refractivity contribution in [3.8, 4) is 0 Å². The van der Waals surface area contributed by atoms with Crippen LogP contribution in [0.2, 0.25) is 0 Å². The first kappa shape index (κ1) is 23.3. The van der Waals surface area contributed by atoms with Crippen molar-refractivity contribution in [2.45, 2.75) is 6.42 Å². The van der Waals surface area contributed by atoms with Crippen molar-refractivity contribution in [1.29, 1.82) is 0 Å². The van der Waals surface area contributed by atoms with E-state index in [9.17, 15) is 28.0 Å². The summed E-state index contributed by atoms with van der Waals surface area (Å²) < 4.78 is 28.0. The molecule has 0 saturated carbocycles. The fourth-order valence-corrected chi connectivity index (χ4v) is 3.55. The monoisotopic (exact) mass is 477 g/mol. The Kier molecular flexibility index (Phi) is 6.36. The zero-order chi connectivity index (χ0) is 25.1. The molecular weight excluding hydrogens is 460 g/mol. The molecule has 0 saturated heterocycles. The lowest BCUT2D eigenvalue weighted by molar-refractivity contribution is -0.123. The number of imide groups is 1. The second-order valence-corrected chi connectivity index (χ2v) is 7.57. The van der Waals surface area contributed by atoms with Gasteiger partial charge < -0.3 is 15.7 Å². The van der Waals surface area contributed by atoms with Gasteiger partial charge in [-0.2, -0.15) is 0 Å². The van der Waals surface area contributed by atoms with Gasteiger partial charge in [0.25, 0.3) is 11.8 Å². The molecular formula is C25H17F2N3O5. The maximum absolute atomic E-state index is 14.3. The third-order valence-electron chi connectivity index (χ3n) is 5.11. The molecule has 35 heavy (non-hydrogen) atoms. The molecule has 0 atom stereocenters. The Bertz CT molecular complexity index is 1420. The van der Waals surface area contributed by atoms with Gasteiger partial charge in [-0.25, -0.2) is 13.6 Å². The van der Waals surface area contributed by atoms with E-state index in [2.05, 4.69) is 16.0 Å². The highest BCUT2D eigenvalue weighted by Gasteiger charge is 2.33. The van der Waals surface area contributed by atoms with Crippen molar-refractivity contribution in [3.63, 3.8) is 0 Å². The molecule has 0 aromatic heterocycles. The highest BCUT2D eigenvalue weighted by molar-refractivity contribution is 6.36. The molecule has 0 bridgehead atoms. The van der Waals surface area contributed by atoms with Gasteiger partial charge in [-0.05, 0) is 42.0 Å². The smallest absolute Gasteiger partial charge is 0.335 e. The molecule has 0 aliphatic carbocycles. The summed E-state index contributed by atoms with van der Waals surface area (Å²) in [5.41, 5.74) is 0.243. The van der Waals surface area contributed by atoms with Crippen LogP contribution in [0.1, 0.15) is 21.5 Å². The zero-order valence-corrected chi connectivity index (χ0v) is 17.9. The average molecular weight is 477 g/mol. The maximum atomic E-state index is 14.3. The van der Waals surface area contributed by atoms with Gasteiger partial charge in [0.2, 0.25) is 5.91 Å². The van der Waals surface area contributed by atoms with E-state index in [0.29, 0.717) is 16.9 Å². The van der Waals surface area contributed by atoms with E-state index in [1.807, 2.05) is 0 Å². The van der Waals surface area contributed by atoms with E-state index in [0.717, 1.165) is 6.07 Å². The average Bonchev–Trinajstić information content (AvgIpc) is 3.08. The molecule has 8 nitrogen and oxygen atoms in total. The summed E-state index contributed by atoms with van der Waals surface area (Å²) in [6.07, 6.45) is -0.0810. The number of carboxylic acid groups (broad SMARTS) is 1. The number of hydrogen-bond donors (Lipinski definition) is 4. The van der Waals surface area contributed by atoms with Gasteiger partial charge in [-0.15, -0.1) is 0 Å². The number of rotatable bonds is 7. The van der Waals surface area contributed by atoms with E-state index >= 15 is 0 Å². The second-order valence-electron chi connectivity index (χ2n) is 7.57. The lowest BCUT2D eigenvalue weighted by Gasteiger charge is -2.11. The van der Waals surface area contributed by atoms with Crippen molar-refractivity contribution >= 4 is 40.6 Å². The predicted molar refractivity (Wildman–Crippen MR) is 122 cm³/mol. The number of carboxylic acids is 1. The number of nitrogens with one attached hydrogen (secondary N) is 3. The topological polar surface area (TPSA) is 125 Å². The Morgan fingerprint density at radius 2 is 1.60 bits per heavy atom. The summed E-state index contributed by atoms with van der Waals surface area (Å²) in [6, 6.07) is 15.5. The first-order chi connectivity index (χ1) is 16.7. The third-order valence-corrected chi connectivity index (χ3v) is 5.11. The fourth-order valence-electron chi connectivity index (χ4n) is 3.55. The van der Waals surface area contributed by atoms with Crippen molar-refractivity contribution in [2.75, 3.05) is 10.6 Å². The Hall–Kier alpha value is -4.86. The van der Waals surface area contributed by atoms with Crippen molar-refractivity contribution < 1.29 is 33.1 Å². The number of halogens is 2. The van der Waals surface area contributed by atoms with Crippen LogP contribution >= 0.6 is 0 Å². The summed E-state index contributed by atoms with van der Waals surface area (Å²) in [5.74, 6) is -5.65. The number of hydrogen-bond acceptors (Lipinski definition) is 5. The van der Waals surface area contributed by atoms with Gasteiger partial charge >= 0.3 is 5.97 Å². The Morgan fingerprint density at radius 1 is 0.886 bits per heavy atom. The minimum absolute atomic E-state index is 0.0252. The van der Waals surface area contributed by atoms with Crippen LogP contribution in [0.5, 0.6) is 0 Å². The third kappa shape index (κ3) is 5.06. The summed E-state index contributed by atoms with van der Waals surface area (Å²) in [5, 5.41) is 16.5. The van der Waals surface area contributed by atoms with E-state index in [-0.39, 0.29) is 28.8 Å². The van der Waals surface area contributed by atoms with Crippen molar-refractivity contribution in [3.05, 3.63) is 101 Å². The summed E-state index contributed by atoms with van der Waals surface area (Å²) in [6.45, 7) is 0. The lowest BCUT2D eigenvalue weighted by Crippen LogP contribution is -2.24. The molecule has 4 N–H and O–H groups in total.